The van der Waals surface area contributed by atoms with Gasteiger partial charge in [-0.25, -0.2) is 5.43 Å². The molecule has 3 N–H and O–H groups in total. The minimum Gasteiger partial charge on any atom is -0.348 e. The molecule has 0 unspecified atom stereocenters. The van der Waals surface area contributed by atoms with Crippen LogP contribution >= 0.6 is 0 Å². The molecule has 0 fully saturated rings. The maximum Gasteiger partial charge on any atom is 0.265 e. The van der Waals surface area contributed by atoms with E-state index >= 15 is 0 Å². The van der Waals surface area contributed by atoms with E-state index in [2.05, 4.69) is 23.1 Å². The summed E-state index contributed by atoms with van der Waals surface area (Å²) in [6.45, 7) is 3.26. The van der Waals surface area contributed by atoms with Crippen molar-refractivity contribution in [1.29, 1.82) is 0 Å². The first kappa shape index (κ1) is 19.4. The fourth-order valence-electron chi connectivity index (χ4n) is 2.24. The molecule has 0 aromatic heterocycles. The molecule has 0 aliphatic heterocycles. The predicted octanol–water partition coefficient (Wildman–Crippen LogP) is 3.05. The summed E-state index contributed by atoms with van der Waals surface area (Å²) >= 11 is 0. The van der Waals surface area contributed by atoms with Crippen molar-refractivity contribution in [3.8, 4) is 0 Å². The van der Waals surface area contributed by atoms with Gasteiger partial charge in [-0.15, -0.1) is 0 Å². The summed E-state index contributed by atoms with van der Waals surface area (Å²) in [5.41, 5.74) is 8.06. The number of hydrazine groups is 1. The van der Waals surface area contributed by atoms with E-state index < -0.39 is 0 Å². The van der Waals surface area contributed by atoms with E-state index in [9.17, 15) is 9.59 Å². The van der Waals surface area contributed by atoms with Crippen molar-refractivity contribution in [2.45, 2.75) is 26.3 Å². The van der Waals surface area contributed by atoms with Crippen LogP contribution in [0, 0.1) is 0 Å². The Morgan fingerprint density at radius 2 is 1.73 bits per heavy atom. The topological polar surface area (TPSA) is 70.2 Å². The number of nitrogens with one attached hydrogen (secondary N) is 3. The zero-order valence-electron chi connectivity index (χ0n) is 15.0. The lowest BCUT2D eigenvalue weighted by Gasteiger charge is -2.07. The molecule has 0 radical (unpaired) electrons. The van der Waals surface area contributed by atoms with Crippen LogP contribution in [0.5, 0.6) is 0 Å². The number of amides is 2. The van der Waals surface area contributed by atoms with Crippen LogP contribution in [0.3, 0.4) is 0 Å². The first-order valence-electron chi connectivity index (χ1n) is 8.82. The van der Waals surface area contributed by atoms with E-state index in [0.29, 0.717) is 12.1 Å². The second kappa shape index (κ2) is 10.8. The highest BCUT2D eigenvalue weighted by Crippen LogP contribution is 2.05. The normalized spacial score (nSPS) is 10.7. The van der Waals surface area contributed by atoms with E-state index in [1.54, 1.807) is 18.2 Å². The Labute approximate surface area is 154 Å². The first-order valence-corrected chi connectivity index (χ1v) is 8.82. The quantitative estimate of drug-likeness (QED) is 0.369. The fourth-order valence-corrected chi connectivity index (χ4v) is 2.24. The van der Waals surface area contributed by atoms with Gasteiger partial charge in [0.05, 0.1) is 0 Å². The SMILES string of the molecule is CCCCNNC(=O)c1ccc(CNC(=O)/C=C/c2ccccc2)cc1. The second-order valence-electron chi connectivity index (χ2n) is 5.89. The molecule has 5 nitrogen and oxygen atoms in total. The van der Waals surface area contributed by atoms with Crippen molar-refractivity contribution in [3.05, 3.63) is 77.4 Å². The van der Waals surface area contributed by atoms with Crippen LogP contribution in [-0.2, 0) is 11.3 Å². The van der Waals surface area contributed by atoms with Crippen molar-refractivity contribution in [2.75, 3.05) is 6.54 Å². The number of rotatable bonds is 9. The molecule has 0 atom stereocenters. The highest BCUT2D eigenvalue weighted by molar-refractivity contribution is 5.94. The summed E-state index contributed by atoms with van der Waals surface area (Å²) in [4.78, 5) is 23.8. The molecule has 0 heterocycles. The van der Waals surface area contributed by atoms with Crippen molar-refractivity contribution < 1.29 is 9.59 Å². The third-order valence-electron chi connectivity index (χ3n) is 3.77. The van der Waals surface area contributed by atoms with Gasteiger partial charge in [0.2, 0.25) is 5.91 Å². The molecule has 0 aliphatic carbocycles. The molecule has 0 saturated carbocycles. The van der Waals surface area contributed by atoms with Crippen LogP contribution in [0.1, 0.15) is 41.3 Å². The van der Waals surface area contributed by atoms with E-state index in [0.717, 1.165) is 30.5 Å². The maximum absolute atomic E-state index is 12.0. The van der Waals surface area contributed by atoms with Gasteiger partial charge >= 0.3 is 0 Å². The zero-order valence-corrected chi connectivity index (χ0v) is 15.0. The maximum atomic E-state index is 12.0. The standard InChI is InChI=1S/C21H25N3O2/c1-2-3-15-23-24-21(26)19-12-9-18(10-13-19)16-22-20(25)14-11-17-7-5-4-6-8-17/h4-14,23H,2-3,15-16H2,1H3,(H,22,25)(H,24,26)/b14-11+. The molecule has 0 aliphatic rings. The summed E-state index contributed by atoms with van der Waals surface area (Å²) in [7, 11) is 0. The molecule has 0 bridgehead atoms. The number of unbranched alkanes of at least 4 members (excludes halogenated alkanes) is 1. The molecule has 26 heavy (non-hydrogen) atoms. The van der Waals surface area contributed by atoms with E-state index in [-0.39, 0.29) is 11.8 Å². The van der Waals surface area contributed by atoms with Gasteiger partial charge in [-0.3, -0.25) is 15.0 Å². The predicted molar refractivity (Wildman–Crippen MR) is 104 cm³/mol. The first-order chi connectivity index (χ1) is 12.7. The minimum atomic E-state index is -0.164. The molecular weight excluding hydrogens is 326 g/mol. The largest absolute Gasteiger partial charge is 0.348 e. The van der Waals surface area contributed by atoms with Crippen LogP contribution in [0.4, 0.5) is 0 Å². The summed E-state index contributed by atoms with van der Waals surface area (Å²) < 4.78 is 0. The Balaban J connectivity index is 1.77. The Morgan fingerprint density at radius 3 is 2.42 bits per heavy atom. The van der Waals surface area contributed by atoms with Crippen molar-refractivity contribution in [1.82, 2.24) is 16.2 Å². The molecule has 136 valence electrons. The van der Waals surface area contributed by atoms with Gasteiger partial charge in [0.15, 0.2) is 0 Å². The highest BCUT2D eigenvalue weighted by atomic mass is 16.2. The summed E-state index contributed by atoms with van der Waals surface area (Å²) in [5.74, 6) is -0.321. The van der Waals surface area contributed by atoms with Gasteiger partial charge in [-0.2, -0.15) is 0 Å². The molecule has 2 aromatic carbocycles. The van der Waals surface area contributed by atoms with E-state index in [1.165, 1.54) is 6.08 Å². The number of hydrogen-bond acceptors (Lipinski definition) is 3. The molecule has 2 amide bonds. The van der Waals surface area contributed by atoms with Gasteiger partial charge in [0.25, 0.3) is 5.91 Å². The highest BCUT2D eigenvalue weighted by Gasteiger charge is 2.04. The van der Waals surface area contributed by atoms with Gasteiger partial charge in [-0.05, 0) is 35.8 Å². The fraction of sp³-hybridized carbons (Fsp3) is 0.238. The van der Waals surface area contributed by atoms with Gasteiger partial charge in [0.1, 0.15) is 0 Å². The van der Waals surface area contributed by atoms with Gasteiger partial charge in [0, 0.05) is 24.7 Å². The molecule has 0 saturated heterocycles. The lowest BCUT2D eigenvalue weighted by Crippen LogP contribution is -2.37. The van der Waals surface area contributed by atoms with Crippen LogP contribution in [0.25, 0.3) is 6.08 Å². The van der Waals surface area contributed by atoms with Crippen LogP contribution < -0.4 is 16.2 Å². The average Bonchev–Trinajstić information content (AvgIpc) is 2.69. The third kappa shape index (κ3) is 6.91. The summed E-state index contributed by atoms with van der Waals surface area (Å²) in [6, 6.07) is 16.8. The van der Waals surface area contributed by atoms with E-state index in [4.69, 9.17) is 0 Å². The molecular formula is C21H25N3O2. The second-order valence-corrected chi connectivity index (χ2v) is 5.89. The Hall–Kier alpha value is -2.92. The average molecular weight is 351 g/mol. The van der Waals surface area contributed by atoms with Gasteiger partial charge in [-0.1, -0.05) is 55.8 Å². The lowest BCUT2D eigenvalue weighted by atomic mass is 10.1. The Kier molecular flexibility index (Phi) is 8.09. The monoisotopic (exact) mass is 351 g/mol. The molecule has 2 rings (SSSR count). The molecule has 5 heteroatoms. The Bertz CT molecular complexity index is 725. The summed E-state index contributed by atoms with van der Waals surface area (Å²) in [6.07, 6.45) is 5.37. The van der Waals surface area contributed by atoms with Gasteiger partial charge < -0.3 is 5.32 Å². The van der Waals surface area contributed by atoms with Crippen LogP contribution in [0.2, 0.25) is 0 Å². The Morgan fingerprint density at radius 1 is 1.00 bits per heavy atom. The van der Waals surface area contributed by atoms with Crippen LogP contribution in [-0.4, -0.2) is 18.4 Å². The molecule has 2 aromatic rings. The van der Waals surface area contributed by atoms with E-state index in [1.807, 2.05) is 42.5 Å². The summed E-state index contributed by atoms with van der Waals surface area (Å²) in [5, 5.41) is 2.83. The van der Waals surface area contributed by atoms with Crippen molar-refractivity contribution in [2.24, 2.45) is 0 Å². The smallest absolute Gasteiger partial charge is 0.265 e. The lowest BCUT2D eigenvalue weighted by molar-refractivity contribution is -0.116. The van der Waals surface area contributed by atoms with Crippen molar-refractivity contribution in [3.63, 3.8) is 0 Å². The number of hydrogen-bond donors (Lipinski definition) is 3. The van der Waals surface area contributed by atoms with Crippen LogP contribution in [0.15, 0.2) is 60.7 Å². The zero-order chi connectivity index (χ0) is 18.6. The molecule has 0 spiro atoms. The van der Waals surface area contributed by atoms with Crippen molar-refractivity contribution >= 4 is 17.9 Å². The third-order valence-corrected chi connectivity index (χ3v) is 3.77. The number of benzene rings is 2. The minimum absolute atomic E-state index is 0.157. The number of carbonyl (C=O) groups is 2. The number of carbonyl (C=O) groups excluding carboxylic acids is 2.